The Morgan fingerprint density at radius 1 is 1.24 bits per heavy atom. The molecule has 2 aliphatic rings. The largest absolute Gasteiger partial charge is 0.396 e. The summed E-state index contributed by atoms with van der Waals surface area (Å²) < 4.78 is 10.9. The highest BCUT2D eigenvalue weighted by Gasteiger charge is 2.35. The number of ether oxygens (including phenoxy) is 2. The Balaban J connectivity index is 1.88. The zero-order valence-corrected chi connectivity index (χ0v) is 10.9. The van der Waals surface area contributed by atoms with Crippen molar-refractivity contribution in [3.8, 4) is 0 Å². The van der Waals surface area contributed by atoms with Crippen LogP contribution in [0.3, 0.4) is 0 Å². The average molecular weight is 243 g/mol. The second-order valence-electron chi connectivity index (χ2n) is 5.57. The van der Waals surface area contributed by atoms with Crippen LogP contribution < -0.4 is 0 Å². The molecule has 0 amide bonds. The molecule has 0 radical (unpaired) electrons. The Bertz CT molecular complexity index is 223. The first-order valence-corrected chi connectivity index (χ1v) is 6.72. The van der Waals surface area contributed by atoms with Gasteiger partial charge in [-0.1, -0.05) is 0 Å². The van der Waals surface area contributed by atoms with Gasteiger partial charge in [0.1, 0.15) is 0 Å². The number of nitrogens with zero attached hydrogens (tertiary/aromatic N) is 1. The molecule has 4 nitrogen and oxygen atoms in total. The van der Waals surface area contributed by atoms with E-state index in [4.69, 9.17) is 9.47 Å². The van der Waals surface area contributed by atoms with Gasteiger partial charge in [-0.05, 0) is 32.7 Å². The molecule has 17 heavy (non-hydrogen) atoms. The summed E-state index contributed by atoms with van der Waals surface area (Å²) in [7, 11) is 2.17. The first-order valence-electron chi connectivity index (χ1n) is 6.72. The second-order valence-corrected chi connectivity index (χ2v) is 5.57. The van der Waals surface area contributed by atoms with Gasteiger partial charge in [0.2, 0.25) is 0 Å². The molecule has 0 aromatic heterocycles. The van der Waals surface area contributed by atoms with Crippen LogP contribution in [0, 0.1) is 5.41 Å². The van der Waals surface area contributed by atoms with Gasteiger partial charge >= 0.3 is 0 Å². The molecule has 2 aliphatic heterocycles. The summed E-state index contributed by atoms with van der Waals surface area (Å²) in [6.07, 6.45) is 4.37. The SMILES string of the molecule is CN(CC1(CO)CCCOC1)C1CCOCC1. The molecular weight excluding hydrogens is 218 g/mol. The monoisotopic (exact) mass is 243 g/mol. The summed E-state index contributed by atoms with van der Waals surface area (Å²) >= 11 is 0. The van der Waals surface area contributed by atoms with Gasteiger partial charge in [-0.3, -0.25) is 0 Å². The van der Waals surface area contributed by atoms with E-state index in [0.717, 1.165) is 52.0 Å². The van der Waals surface area contributed by atoms with Crippen molar-refractivity contribution in [2.24, 2.45) is 5.41 Å². The molecule has 0 aliphatic carbocycles. The Kier molecular flexibility index (Phi) is 4.79. The highest BCUT2D eigenvalue weighted by atomic mass is 16.5. The summed E-state index contributed by atoms with van der Waals surface area (Å²) in [4.78, 5) is 2.40. The molecule has 0 bridgehead atoms. The maximum Gasteiger partial charge on any atom is 0.0556 e. The number of hydrogen-bond donors (Lipinski definition) is 1. The normalized spacial score (nSPS) is 31.9. The van der Waals surface area contributed by atoms with Crippen LogP contribution in [0.4, 0.5) is 0 Å². The molecule has 2 rings (SSSR count). The maximum atomic E-state index is 9.66. The molecule has 0 aromatic carbocycles. The fraction of sp³-hybridized carbons (Fsp3) is 1.00. The van der Waals surface area contributed by atoms with Gasteiger partial charge in [0.15, 0.2) is 0 Å². The lowest BCUT2D eigenvalue weighted by Gasteiger charge is -2.41. The summed E-state index contributed by atoms with van der Waals surface area (Å²) in [5.41, 5.74) is -0.0364. The Labute approximate surface area is 104 Å². The Hall–Kier alpha value is -0.160. The quantitative estimate of drug-likeness (QED) is 0.796. The van der Waals surface area contributed by atoms with Gasteiger partial charge < -0.3 is 19.5 Å². The van der Waals surface area contributed by atoms with Crippen LogP contribution >= 0.6 is 0 Å². The van der Waals surface area contributed by atoms with Gasteiger partial charge in [0.25, 0.3) is 0 Å². The summed E-state index contributed by atoms with van der Waals surface area (Å²) in [6.45, 7) is 4.48. The van der Waals surface area contributed by atoms with E-state index >= 15 is 0 Å². The fourth-order valence-electron chi connectivity index (χ4n) is 2.99. The summed E-state index contributed by atoms with van der Waals surface area (Å²) in [6, 6.07) is 0.606. The van der Waals surface area contributed by atoms with Crippen LogP contribution in [-0.4, -0.2) is 62.7 Å². The first kappa shape index (κ1) is 13.3. The molecule has 0 saturated carbocycles. The second kappa shape index (κ2) is 6.14. The highest BCUT2D eigenvalue weighted by Crippen LogP contribution is 2.30. The zero-order chi connectivity index (χ0) is 12.1. The topological polar surface area (TPSA) is 41.9 Å². The van der Waals surface area contributed by atoms with Gasteiger partial charge in [-0.25, -0.2) is 0 Å². The molecule has 4 heteroatoms. The molecule has 2 fully saturated rings. The Morgan fingerprint density at radius 3 is 2.59 bits per heavy atom. The third kappa shape index (κ3) is 3.41. The summed E-state index contributed by atoms with van der Waals surface area (Å²) in [5.74, 6) is 0. The van der Waals surface area contributed by atoms with Gasteiger partial charge in [0, 0.05) is 37.8 Å². The van der Waals surface area contributed by atoms with Gasteiger partial charge in [0.05, 0.1) is 13.2 Å². The van der Waals surface area contributed by atoms with E-state index in [1.54, 1.807) is 0 Å². The van der Waals surface area contributed by atoms with E-state index in [2.05, 4.69) is 11.9 Å². The van der Waals surface area contributed by atoms with Crippen molar-refractivity contribution in [1.29, 1.82) is 0 Å². The van der Waals surface area contributed by atoms with Crippen molar-refractivity contribution in [3.63, 3.8) is 0 Å². The minimum Gasteiger partial charge on any atom is -0.396 e. The molecule has 0 spiro atoms. The molecule has 100 valence electrons. The van der Waals surface area contributed by atoms with E-state index in [9.17, 15) is 5.11 Å². The van der Waals surface area contributed by atoms with Crippen molar-refractivity contribution in [1.82, 2.24) is 4.90 Å². The molecule has 1 unspecified atom stereocenters. The molecule has 1 atom stereocenters. The lowest BCUT2D eigenvalue weighted by atomic mass is 9.82. The first-order chi connectivity index (χ1) is 8.26. The predicted molar refractivity (Wildman–Crippen MR) is 66.0 cm³/mol. The maximum absolute atomic E-state index is 9.66. The van der Waals surface area contributed by atoms with Crippen molar-refractivity contribution in [2.75, 3.05) is 46.6 Å². The average Bonchev–Trinajstić information content (AvgIpc) is 2.41. The van der Waals surface area contributed by atoms with Crippen LogP contribution in [0.15, 0.2) is 0 Å². The van der Waals surface area contributed by atoms with Crippen LogP contribution in [0.5, 0.6) is 0 Å². The molecule has 2 heterocycles. The van der Waals surface area contributed by atoms with Crippen LogP contribution in [0.1, 0.15) is 25.7 Å². The Morgan fingerprint density at radius 2 is 2.00 bits per heavy atom. The smallest absolute Gasteiger partial charge is 0.0556 e. The van der Waals surface area contributed by atoms with Gasteiger partial charge in [-0.15, -0.1) is 0 Å². The fourth-order valence-corrected chi connectivity index (χ4v) is 2.99. The van der Waals surface area contributed by atoms with E-state index in [0.29, 0.717) is 12.6 Å². The van der Waals surface area contributed by atoms with Crippen molar-refractivity contribution >= 4 is 0 Å². The van der Waals surface area contributed by atoms with Crippen LogP contribution in [0.25, 0.3) is 0 Å². The minimum absolute atomic E-state index is 0.0364. The van der Waals surface area contributed by atoms with E-state index < -0.39 is 0 Å². The third-order valence-electron chi connectivity index (χ3n) is 4.14. The number of hydrogen-bond acceptors (Lipinski definition) is 4. The van der Waals surface area contributed by atoms with Gasteiger partial charge in [-0.2, -0.15) is 0 Å². The lowest BCUT2D eigenvalue weighted by Crippen LogP contribution is -2.48. The number of aliphatic hydroxyl groups excluding tert-OH is 1. The lowest BCUT2D eigenvalue weighted by molar-refractivity contribution is -0.0637. The molecular formula is C13H25NO3. The third-order valence-corrected chi connectivity index (χ3v) is 4.14. The van der Waals surface area contributed by atoms with Crippen molar-refractivity contribution in [2.45, 2.75) is 31.7 Å². The van der Waals surface area contributed by atoms with Crippen LogP contribution in [0.2, 0.25) is 0 Å². The zero-order valence-electron chi connectivity index (χ0n) is 10.9. The standard InChI is InChI=1S/C13H25NO3/c1-14(12-3-7-16-8-4-12)9-13(10-15)5-2-6-17-11-13/h12,15H,2-11H2,1H3. The number of aliphatic hydroxyl groups is 1. The van der Waals surface area contributed by atoms with Crippen molar-refractivity contribution < 1.29 is 14.6 Å². The molecule has 1 N–H and O–H groups in total. The predicted octanol–water partition coefficient (Wildman–Crippen LogP) is 0.886. The van der Waals surface area contributed by atoms with E-state index in [1.165, 1.54) is 0 Å². The minimum atomic E-state index is -0.0364. The molecule has 0 aromatic rings. The highest BCUT2D eigenvalue weighted by molar-refractivity contribution is 4.86. The van der Waals surface area contributed by atoms with Crippen LogP contribution in [-0.2, 0) is 9.47 Å². The van der Waals surface area contributed by atoms with E-state index in [-0.39, 0.29) is 12.0 Å². The van der Waals surface area contributed by atoms with Crippen molar-refractivity contribution in [3.05, 3.63) is 0 Å². The molecule has 2 saturated heterocycles. The number of rotatable bonds is 4. The van der Waals surface area contributed by atoms with E-state index in [1.807, 2.05) is 0 Å². The summed E-state index contributed by atoms with van der Waals surface area (Å²) in [5, 5.41) is 9.66.